The van der Waals surface area contributed by atoms with E-state index in [1.54, 1.807) is 0 Å². The Morgan fingerprint density at radius 3 is 2.38 bits per heavy atom. The molecule has 1 aromatic heterocycles. The van der Waals surface area contributed by atoms with Gasteiger partial charge in [0.1, 0.15) is 23.1 Å². The van der Waals surface area contributed by atoms with Gasteiger partial charge in [0.25, 0.3) is 0 Å². The van der Waals surface area contributed by atoms with E-state index in [0.29, 0.717) is 5.56 Å². The molecule has 0 aliphatic rings. The van der Waals surface area contributed by atoms with E-state index in [1.165, 1.54) is 12.1 Å². The molecule has 0 aliphatic heterocycles. The number of nitrogens with zero attached hydrogens (tertiary/aromatic N) is 3. The van der Waals surface area contributed by atoms with Gasteiger partial charge in [0, 0.05) is 11.1 Å². The fraction of sp³-hybridized carbons (Fsp3) is 0.0625. The van der Waals surface area contributed by atoms with Gasteiger partial charge in [0.2, 0.25) is 0 Å². The van der Waals surface area contributed by atoms with Crippen molar-refractivity contribution in [2.24, 2.45) is 0 Å². The first-order valence-corrected chi connectivity index (χ1v) is 6.82. The lowest BCUT2D eigenvalue weighted by molar-refractivity contribution is 0.0691. The molecule has 0 radical (unpaired) electrons. The number of hydrogen-bond donors (Lipinski definition) is 1. The minimum atomic E-state index is -1.33. The van der Waals surface area contributed by atoms with Crippen molar-refractivity contribution in [3.8, 4) is 11.3 Å². The van der Waals surface area contributed by atoms with Crippen molar-refractivity contribution in [1.29, 1.82) is 0 Å². The predicted molar refractivity (Wildman–Crippen MR) is 77.8 cm³/mol. The molecule has 0 unspecified atom stereocenters. The van der Waals surface area contributed by atoms with Crippen molar-refractivity contribution >= 4 is 5.97 Å². The van der Waals surface area contributed by atoms with Gasteiger partial charge in [-0.05, 0) is 42.5 Å². The summed E-state index contributed by atoms with van der Waals surface area (Å²) >= 11 is 0. The molecule has 0 amide bonds. The topological polar surface area (TPSA) is 68.0 Å². The molecule has 0 spiro atoms. The van der Waals surface area contributed by atoms with Gasteiger partial charge in [-0.2, -0.15) is 0 Å². The summed E-state index contributed by atoms with van der Waals surface area (Å²) in [4.78, 5) is 11.3. The maximum Gasteiger partial charge on any atom is 0.358 e. The van der Waals surface area contributed by atoms with Crippen LogP contribution < -0.4 is 0 Å². The zero-order valence-electron chi connectivity index (χ0n) is 12.1. The Morgan fingerprint density at radius 2 is 1.71 bits per heavy atom. The first kappa shape index (κ1) is 15.7. The summed E-state index contributed by atoms with van der Waals surface area (Å²) in [6.07, 6.45) is 0. The third-order valence-corrected chi connectivity index (χ3v) is 3.38. The molecule has 0 bridgehead atoms. The Morgan fingerprint density at radius 1 is 1.04 bits per heavy atom. The Kier molecular flexibility index (Phi) is 4.03. The molecule has 2 aromatic carbocycles. The van der Waals surface area contributed by atoms with E-state index in [4.69, 9.17) is 0 Å². The van der Waals surface area contributed by atoms with Crippen LogP contribution in [0.1, 0.15) is 16.1 Å². The highest BCUT2D eigenvalue weighted by atomic mass is 19.1. The Balaban J connectivity index is 2.10. The summed E-state index contributed by atoms with van der Waals surface area (Å²) in [6.45, 7) is -0.226. The summed E-state index contributed by atoms with van der Waals surface area (Å²) in [6, 6.07) is 7.97. The normalized spacial score (nSPS) is 10.8. The Bertz CT molecular complexity index is 907. The zero-order chi connectivity index (χ0) is 17.3. The number of benzene rings is 2. The van der Waals surface area contributed by atoms with E-state index in [1.807, 2.05) is 0 Å². The number of carbonyl (C=O) groups is 1. The number of halogens is 3. The van der Waals surface area contributed by atoms with Crippen LogP contribution in [0.3, 0.4) is 0 Å². The van der Waals surface area contributed by atoms with E-state index in [9.17, 15) is 23.1 Å². The van der Waals surface area contributed by atoms with Crippen LogP contribution in [-0.4, -0.2) is 26.1 Å². The van der Waals surface area contributed by atoms with Crippen molar-refractivity contribution < 1.29 is 23.1 Å². The molecule has 0 atom stereocenters. The van der Waals surface area contributed by atoms with E-state index < -0.39 is 23.4 Å². The van der Waals surface area contributed by atoms with E-state index in [2.05, 4.69) is 10.3 Å². The maximum absolute atomic E-state index is 13.8. The van der Waals surface area contributed by atoms with Gasteiger partial charge in [0.15, 0.2) is 5.69 Å². The number of rotatable bonds is 4. The molecule has 0 saturated heterocycles. The van der Waals surface area contributed by atoms with Crippen LogP contribution in [0.4, 0.5) is 13.2 Å². The van der Waals surface area contributed by atoms with Gasteiger partial charge >= 0.3 is 5.97 Å². The van der Waals surface area contributed by atoms with Crippen LogP contribution in [0.2, 0.25) is 0 Å². The molecule has 122 valence electrons. The minimum Gasteiger partial charge on any atom is -0.476 e. The third-order valence-electron chi connectivity index (χ3n) is 3.38. The number of hydrogen-bond acceptors (Lipinski definition) is 3. The fourth-order valence-corrected chi connectivity index (χ4v) is 2.29. The molecule has 0 fully saturated rings. The van der Waals surface area contributed by atoms with Crippen LogP contribution in [-0.2, 0) is 6.54 Å². The third kappa shape index (κ3) is 2.98. The van der Waals surface area contributed by atoms with Crippen LogP contribution in [0.25, 0.3) is 11.3 Å². The molecular weight excluding hydrogens is 323 g/mol. The number of aromatic nitrogens is 3. The summed E-state index contributed by atoms with van der Waals surface area (Å²) < 4.78 is 41.3. The van der Waals surface area contributed by atoms with Crippen LogP contribution in [0.15, 0.2) is 42.5 Å². The second kappa shape index (κ2) is 6.15. The molecule has 1 N–H and O–H groups in total. The Labute approximate surface area is 134 Å². The van der Waals surface area contributed by atoms with Crippen molar-refractivity contribution in [3.05, 3.63) is 71.2 Å². The van der Waals surface area contributed by atoms with Crippen molar-refractivity contribution in [3.63, 3.8) is 0 Å². The van der Waals surface area contributed by atoms with Crippen molar-refractivity contribution in [1.82, 2.24) is 15.0 Å². The maximum atomic E-state index is 13.8. The van der Waals surface area contributed by atoms with E-state index >= 15 is 0 Å². The second-order valence-corrected chi connectivity index (χ2v) is 4.99. The van der Waals surface area contributed by atoms with Gasteiger partial charge in [-0.3, -0.25) is 0 Å². The monoisotopic (exact) mass is 333 g/mol. The van der Waals surface area contributed by atoms with Crippen LogP contribution in [0, 0.1) is 17.5 Å². The first-order valence-electron chi connectivity index (χ1n) is 6.82. The summed E-state index contributed by atoms with van der Waals surface area (Å²) in [7, 11) is 0. The quantitative estimate of drug-likeness (QED) is 0.797. The van der Waals surface area contributed by atoms with E-state index in [-0.39, 0.29) is 23.5 Å². The molecule has 3 aromatic rings. The average Bonchev–Trinajstić information content (AvgIpc) is 2.95. The molecule has 1 heterocycles. The largest absolute Gasteiger partial charge is 0.476 e. The van der Waals surface area contributed by atoms with E-state index in [0.717, 1.165) is 35.0 Å². The van der Waals surface area contributed by atoms with Gasteiger partial charge in [-0.25, -0.2) is 22.6 Å². The summed E-state index contributed by atoms with van der Waals surface area (Å²) in [5.74, 6) is -3.12. The molecular formula is C16H10F3N3O2. The zero-order valence-corrected chi connectivity index (χ0v) is 12.1. The second-order valence-electron chi connectivity index (χ2n) is 4.99. The SMILES string of the molecule is O=C(O)c1nnn(Cc2cc(F)ccc2F)c1-c1ccc(F)cc1. The lowest BCUT2D eigenvalue weighted by atomic mass is 10.1. The fourth-order valence-electron chi connectivity index (χ4n) is 2.29. The van der Waals surface area contributed by atoms with Gasteiger partial charge in [-0.1, -0.05) is 5.21 Å². The number of carboxylic acids is 1. The van der Waals surface area contributed by atoms with Crippen LogP contribution in [0.5, 0.6) is 0 Å². The minimum absolute atomic E-state index is 0.0137. The lowest BCUT2D eigenvalue weighted by Crippen LogP contribution is -2.08. The highest BCUT2D eigenvalue weighted by Crippen LogP contribution is 2.24. The summed E-state index contributed by atoms with van der Waals surface area (Å²) in [5, 5.41) is 16.5. The van der Waals surface area contributed by atoms with Gasteiger partial charge in [-0.15, -0.1) is 5.10 Å². The van der Waals surface area contributed by atoms with Crippen molar-refractivity contribution in [2.45, 2.75) is 6.54 Å². The molecule has 0 saturated carbocycles. The van der Waals surface area contributed by atoms with Gasteiger partial charge in [0.05, 0.1) is 6.54 Å². The van der Waals surface area contributed by atoms with Crippen molar-refractivity contribution in [2.75, 3.05) is 0 Å². The lowest BCUT2D eigenvalue weighted by Gasteiger charge is -2.08. The van der Waals surface area contributed by atoms with Crippen LogP contribution >= 0.6 is 0 Å². The van der Waals surface area contributed by atoms with Gasteiger partial charge < -0.3 is 5.11 Å². The summed E-state index contributed by atoms with van der Waals surface area (Å²) in [5.41, 5.74) is 0.0420. The molecule has 5 nitrogen and oxygen atoms in total. The highest BCUT2D eigenvalue weighted by Gasteiger charge is 2.21. The smallest absolute Gasteiger partial charge is 0.358 e. The molecule has 3 rings (SSSR count). The predicted octanol–water partition coefficient (Wildman–Crippen LogP) is 3.11. The number of carboxylic acid groups (broad SMARTS) is 1. The Hall–Kier alpha value is -3.16. The molecule has 8 heteroatoms. The number of aromatic carboxylic acids is 1. The molecule has 24 heavy (non-hydrogen) atoms. The molecule has 0 aliphatic carbocycles. The first-order chi connectivity index (χ1) is 11.5. The average molecular weight is 333 g/mol. The highest BCUT2D eigenvalue weighted by molar-refractivity contribution is 5.92. The standard InChI is InChI=1S/C16H10F3N3O2/c17-11-3-1-9(2-4-11)15-14(16(23)24)20-21-22(15)8-10-7-12(18)5-6-13(10)19/h1-7H,8H2,(H,23,24).